The van der Waals surface area contributed by atoms with E-state index in [2.05, 4.69) is 5.32 Å². The average Bonchev–Trinajstić information content (AvgIpc) is 2.75. The molecule has 11 heteroatoms. The molecule has 2 aromatic rings. The van der Waals surface area contributed by atoms with E-state index < -0.39 is 43.2 Å². The van der Waals surface area contributed by atoms with Gasteiger partial charge in [-0.15, -0.1) is 0 Å². The summed E-state index contributed by atoms with van der Waals surface area (Å²) in [5.74, 6) is -0.182. The van der Waals surface area contributed by atoms with Gasteiger partial charge in [0.25, 0.3) is 0 Å². The zero-order chi connectivity index (χ0) is 24.3. The van der Waals surface area contributed by atoms with E-state index in [1.165, 1.54) is 26.4 Å². The molecule has 0 spiro atoms. The fraction of sp³-hybridized carbons (Fsp3) is 0.381. The van der Waals surface area contributed by atoms with Crippen molar-refractivity contribution in [3.05, 3.63) is 53.6 Å². The van der Waals surface area contributed by atoms with Gasteiger partial charge in [0.15, 0.2) is 9.84 Å². The van der Waals surface area contributed by atoms with E-state index >= 15 is 0 Å². The van der Waals surface area contributed by atoms with Gasteiger partial charge in [0, 0.05) is 12.6 Å². The number of alkyl halides is 3. The standard InChI is InChI=1S/C21H24F3NO6S/c1-20(2,32(28,29)17-7-5-6-14(10-17)21(22,23)24)19(27)25-12-18(26)13-8-15(30-3)11-16(9-13)31-4/h5-11,18,26H,12H2,1-4H3,(H,25,27). The summed E-state index contributed by atoms with van der Waals surface area (Å²) in [4.78, 5) is 12.0. The Bertz CT molecular complexity index is 1060. The number of benzene rings is 2. The van der Waals surface area contributed by atoms with Crippen LogP contribution in [-0.2, 0) is 20.8 Å². The van der Waals surface area contributed by atoms with Crippen molar-refractivity contribution in [2.75, 3.05) is 20.8 Å². The monoisotopic (exact) mass is 475 g/mol. The fourth-order valence-electron chi connectivity index (χ4n) is 2.80. The van der Waals surface area contributed by atoms with Gasteiger partial charge in [-0.1, -0.05) is 6.07 Å². The van der Waals surface area contributed by atoms with E-state index in [4.69, 9.17) is 9.47 Å². The van der Waals surface area contributed by atoms with Crippen molar-refractivity contribution in [1.29, 1.82) is 0 Å². The first-order valence-corrected chi connectivity index (χ1v) is 10.8. The molecule has 0 saturated heterocycles. The van der Waals surface area contributed by atoms with E-state index in [0.717, 1.165) is 32.0 Å². The molecular formula is C21H24F3NO6S. The molecule has 0 fully saturated rings. The molecule has 2 rings (SSSR count). The Hall–Kier alpha value is -2.79. The molecule has 0 aromatic heterocycles. The van der Waals surface area contributed by atoms with Crippen LogP contribution in [0.4, 0.5) is 13.2 Å². The number of carbonyl (C=O) groups excluding carboxylic acids is 1. The lowest BCUT2D eigenvalue weighted by Crippen LogP contribution is -2.49. The Labute approximate surface area is 184 Å². The zero-order valence-electron chi connectivity index (χ0n) is 17.9. The van der Waals surface area contributed by atoms with Gasteiger partial charge in [0.05, 0.1) is 30.8 Å². The fourth-order valence-corrected chi connectivity index (χ4v) is 4.24. The highest BCUT2D eigenvalue weighted by molar-refractivity contribution is 7.93. The normalized spacial score (nSPS) is 13.4. The highest BCUT2D eigenvalue weighted by Crippen LogP contribution is 2.33. The van der Waals surface area contributed by atoms with Gasteiger partial charge in [0.2, 0.25) is 5.91 Å². The summed E-state index contributed by atoms with van der Waals surface area (Å²) in [5.41, 5.74) is -0.794. The maximum Gasteiger partial charge on any atom is 0.416 e. The van der Waals surface area contributed by atoms with E-state index in [1.807, 2.05) is 0 Å². The third-order valence-corrected chi connectivity index (χ3v) is 7.31. The molecule has 0 saturated carbocycles. The molecule has 7 nitrogen and oxygen atoms in total. The summed E-state index contributed by atoms with van der Waals surface area (Å²) >= 11 is 0. The highest BCUT2D eigenvalue weighted by Gasteiger charge is 2.43. The van der Waals surface area contributed by atoms with Gasteiger partial charge in [0.1, 0.15) is 16.2 Å². The van der Waals surface area contributed by atoms with Crippen LogP contribution in [0.15, 0.2) is 47.4 Å². The predicted octanol–water partition coefficient (Wildman–Crippen LogP) is 3.12. The van der Waals surface area contributed by atoms with E-state index in [9.17, 15) is 31.5 Å². The van der Waals surface area contributed by atoms with Crippen molar-refractivity contribution in [2.24, 2.45) is 0 Å². The van der Waals surface area contributed by atoms with Crippen LogP contribution < -0.4 is 14.8 Å². The second-order valence-corrected chi connectivity index (χ2v) is 9.91. The van der Waals surface area contributed by atoms with Gasteiger partial charge >= 0.3 is 6.18 Å². The first-order valence-electron chi connectivity index (χ1n) is 9.35. The van der Waals surface area contributed by atoms with Crippen molar-refractivity contribution < 1.29 is 41.0 Å². The number of hydrogen-bond donors (Lipinski definition) is 2. The van der Waals surface area contributed by atoms with Gasteiger partial charge in [-0.05, 0) is 49.7 Å². The number of nitrogens with one attached hydrogen (secondary N) is 1. The summed E-state index contributed by atoms with van der Waals surface area (Å²) in [6, 6.07) is 7.81. The molecule has 176 valence electrons. The smallest absolute Gasteiger partial charge is 0.416 e. The Morgan fingerprint density at radius 3 is 2.12 bits per heavy atom. The van der Waals surface area contributed by atoms with Crippen molar-refractivity contribution in [2.45, 2.75) is 35.8 Å². The lowest BCUT2D eigenvalue weighted by Gasteiger charge is -2.25. The summed E-state index contributed by atoms with van der Waals surface area (Å²) in [5, 5.41) is 12.8. The maximum atomic E-state index is 13.0. The third kappa shape index (κ3) is 5.33. The molecule has 1 atom stereocenters. The van der Waals surface area contributed by atoms with Crippen LogP contribution in [0.5, 0.6) is 11.5 Å². The van der Waals surface area contributed by atoms with Crippen molar-refractivity contribution in [3.63, 3.8) is 0 Å². The topological polar surface area (TPSA) is 102 Å². The summed E-state index contributed by atoms with van der Waals surface area (Å²) in [6.45, 7) is 1.81. The van der Waals surface area contributed by atoms with E-state index in [0.29, 0.717) is 23.1 Å². The molecule has 0 bridgehead atoms. The van der Waals surface area contributed by atoms with Gasteiger partial charge in [-0.25, -0.2) is 8.42 Å². The molecule has 0 radical (unpaired) electrons. The predicted molar refractivity (Wildman–Crippen MR) is 110 cm³/mol. The summed E-state index contributed by atoms with van der Waals surface area (Å²) in [6.07, 6.45) is -5.96. The van der Waals surface area contributed by atoms with E-state index in [1.54, 1.807) is 6.07 Å². The molecule has 2 N–H and O–H groups in total. The molecule has 1 amide bonds. The van der Waals surface area contributed by atoms with Crippen LogP contribution in [-0.4, -0.2) is 44.9 Å². The molecule has 2 aromatic carbocycles. The highest BCUT2D eigenvalue weighted by atomic mass is 32.2. The Kier molecular flexibility index (Phi) is 7.46. The minimum absolute atomic E-state index is 0.347. The maximum absolute atomic E-state index is 13.0. The summed E-state index contributed by atoms with van der Waals surface area (Å²) < 4.78 is 72.9. The lowest BCUT2D eigenvalue weighted by atomic mass is 10.1. The molecule has 0 aliphatic heterocycles. The molecule has 1 unspecified atom stereocenters. The van der Waals surface area contributed by atoms with Crippen LogP contribution in [0.2, 0.25) is 0 Å². The third-order valence-electron chi connectivity index (χ3n) is 4.90. The number of rotatable bonds is 8. The molecule has 0 heterocycles. The number of sulfone groups is 1. The van der Waals surface area contributed by atoms with Crippen molar-refractivity contribution in [3.8, 4) is 11.5 Å². The quantitative estimate of drug-likeness (QED) is 0.608. The number of hydrogen-bond acceptors (Lipinski definition) is 6. The second-order valence-electron chi connectivity index (χ2n) is 7.41. The Morgan fingerprint density at radius 2 is 1.62 bits per heavy atom. The van der Waals surface area contributed by atoms with Gasteiger partial charge < -0.3 is 19.9 Å². The first-order chi connectivity index (χ1) is 14.7. The molecule has 0 aliphatic rings. The minimum Gasteiger partial charge on any atom is -0.497 e. The van der Waals surface area contributed by atoms with Crippen LogP contribution in [0, 0.1) is 0 Å². The number of carbonyl (C=O) groups is 1. The number of aliphatic hydroxyl groups is 1. The van der Waals surface area contributed by atoms with Crippen LogP contribution >= 0.6 is 0 Å². The van der Waals surface area contributed by atoms with Crippen molar-refractivity contribution >= 4 is 15.7 Å². The van der Waals surface area contributed by atoms with E-state index in [-0.39, 0.29) is 6.54 Å². The number of halogens is 3. The van der Waals surface area contributed by atoms with Crippen molar-refractivity contribution in [1.82, 2.24) is 5.32 Å². The zero-order valence-corrected chi connectivity index (χ0v) is 18.7. The lowest BCUT2D eigenvalue weighted by molar-refractivity contribution is -0.137. The molecule has 32 heavy (non-hydrogen) atoms. The van der Waals surface area contributed by atoms with Crippen LogP contribution in [0.1, 0.15) is 31.1 Å². The Morgan fingerprint density at radius 1 is 1.06 bits per heavy atom. The van der Waals surface area contributed by atoms with Crippen LogP contribution in [0.3, 0.4) is 0 Å². The molecule has 0 aliphatic carbocycles. The Balaban J connectivity index is 2.22. The second kappa shape index (κ2) is 9.37. The number of amides is 1. The van der Waals surface area contributed by atoms with Gasteiger partial charge in [-0.3, -0.25) is 4.79 Å². The molecular weight excluding hydrogens is 451 g/mol. The average molecular weight is 475 g/mol. The SMILES string of the molecule is COc1cc(OC)cc(C(O)CNC(=O)C(C)(C)S(=O)(=O)c2cccc(C(F)(F)F)c2)c1. The number of ether oxygens (including phenoxy) is 2. The van der Waals surface area contributed by atoms with Crippen LogP contribution in [0.25, 0.3) is 0 Å². The number of aliphatic hydroxyl groups excluding tert-OH is 1. The summed E-state index contributed by atoms with van der Waals surface area (Å²) in [7, 11) is -1.64. The number of methoxy groups -OCH3 is 2. The van der Waals surface area contributed by atoms with Gasteiger partial charge in [-0.2, -0.15) is 13.2 Å². The minimum atomic E-state index is -4.74. The first kappa shape index (κ1) is 25.5. The largest absolute Gasteiger partial charge is 0.497 e.